The van der Waals surface area contributed by atoms with Crippen molar-refractivity contribution in [1.29, 1.82) is 0 Å². The molecule has 7 aliphatic carbocycles. The van der Waals surface area contributed by atoms with Crippen LogP contribution in [-0.2, 0) is 98.1 Å². The molecule has 10 atom stereocenters. The average molecular weight is 2190 g/mol. The largest absolute Gasteiger partial charge is 0.444 e. The molecule has 0 saturated heterocycles. The number of nitrogens with one attached hydrogen (secondary N) is 1. The number of aryl methyl sites for hydroxylation is 2. The van der Waals surface area contributed by atoms with E-state index in [2.05, 4.69) is 21.2 Å². The van der Waals surface area contributed by atoms with Gasteiger partial charge in [0.2, 0.25) is 5.78 Å². The first-order chi connectivity index (χ1) is 68.5. The number of aliphatic hydroxyl groups is 3. The molecular weight excluding hydrogens is 2090 g/mol. The van der Waals surface area contributed by atoms with E-state index in [-0.39, 0.29) is 94.8 Å². The fourth-order valence-electron chi connectivity index (χ4n) is 18.8. The first-order valence-electron chi connectivity index (χ1n) is 46.8. The lowest BCUT2D eigenvalue weighted by Gasteiger charge is -2.37. The highest BCUT2D eigenvalue weighted by Gasteiger charge is 2.57. The summed E-state index contributed by atoms with van der Waals surface area (Å²) in [6, 6.07) is 27.3. The van der Waals surface area contributed by atoms with Crippen LogP contribution < -0.4 is 16.8 Å². The second kappa shape index (κ2) is 49.3. The van der Waals surface area contributed by atoms with Gasteiger partial charge in [-0.15, -0.1) is 0 Å². The third kappa shape index (κ3) is 29.0. The smallest absolute Gasteiger partial charge is 0.419 e. The van der Waals surface area contributed by atoms with E-state index >= 15 is 0 Å². The van der Waals surface area contributed by atoms with Gasteiger partial charge in [-0.25, -0.2) is 39.9 Å². The van der Waals surface area contributed by atoms with E-state index in [9.17, 15) is 173 Å². The Bertz CT molecular complexity index is 5990. The van der Waals surface area contributed by atoms with Gasteiger partial charge in [0.05, 0.1) is 54.9 Å². The maximum atomic E-state index is 14.6. The third-order valence-electron chi connectivity index (χ3n) is 26.6. The normalized spacial score (nSPS) is 23.5. The first-order valence-corrected chi connectivity index (χ1v) is 47.6. The maximum absolute atomic E-state index is 14.6. The number of ketones is 6. The van der Waals surface area contributed by atoms with Crippen LogP contribution in [0.5, 0.6) is 0 Å². The minimum absolute atomic E-state index is 0.00111. The fourth-order valence-corrected chi connectivity index (χ4v) is 19.1. The first kappa shape index (κ1) is 122. The van der Waals surface area contributed by atoms with Gasteiger partial charge in [-0.3, -0.25) is 38.9 Å². The van der Waals surface area contributed by atoms with E-state index in [1.54, 1.807) is 71.0 Å². The number of nitro groups is 1. The summed E-state index contributed by atoms with van der Waals surface area (Å²) in [5.74, 6) is -13.2. The third-order valence-corrected chi connectivity index (χ3v) is 27.2. The SMILES string of the molecule is CC1(c2cccc(C(F)(F)F)c2F)CCCC(O)C1=O.Cc1cccc(C2(N)CCCCC2=O)c1F.Cc1cccc(C2(NC(=O)OC(C)(C)C)CCCCC2=O)c1F.Fc1c(Br)cccc1C(F)(F)F.NC1(c2cccc(C(F)(F)F)c2F)CCCC(O)C1=O.O=C1CCCCC1(c1cccc(C(F)(F)F)c1F)[N+](=O)[O-].O=C1CCCCC1c1cccc(C(F)(F)F)c1F.OC1CCCCC1c1cccc(C(F)(F)F)c1F. The second-order valence-electron chi connectivity index (χ2n) is 38.0. The number of ether oxygens (including phenoxy) is 1. The number of alkyl carbamates (subject to hydrolysis) is 1. The number of rotatable bonds is 9. The van der Waals surface area contributed by atoms with Gasteiger partial charge in [0, 0.05) is 71.1 Å². The lowest BCUT2D eigenvalue weighted by atomic mass is 9.68. The molecule has 7 fully saturated rings. The van der Waals surface area contributed by atoms with E-state index in [1.165, 1.54) is 37.3 Å². The summed E-state index contributed by atoms with van der Waals surface area (Å²) >= 11 is 2.66. The summed E-state index contributed by atoms with van der Waals surface area (Å²) in [6.07, 6.45) is -21.2. The number of halogens is 27. The van der Waals surface area contributed by atoms with E-state index in [0.29, 0.717) is 118 Å². The Labute approximate surface area is 841 Å². The Hall–Kier alpha value is -11.1. The zero-order valence-corrected chi connectivity index (χ0v) is 81.9. The van der Waals surface area contributed by atoms with E-state index in [4.69, 9.17) is 16.2 Å². The molecule has 17 nitrogen and oxygen atoms in total. The zero-order chi connectivity index (χ0) is 111. The molecule has 0 spiro atoms. The molecule has 15 rings (SSSR count). The highest BCUT2D eigenvalue weighted by atomic mass is 79.9. The fraction of sp³-hybridized carbons (Fsp3) is 0.471. The Balaban J connectivity index is 0.000000207. The van der Waals surface area contributed by atoms with Gasteiger partial charge in [0.1, 0.15) is 86.7 Å². The minimum atomic E-state index is -4.98. The highest BCUT2D eigenvalue weighted by Crippen LogP contribution is 2.49. The summed E-state index contributed by atoms with van der Waals surface area (Å²) < 4.78 is 342. The molecule has 810 valence electrons. The van der Waals surface area contributed by atoms with Gasteiger partial charge in [-0.1, -0.05) is 123 Å². The number of carbonyl (C=O) groups excluding carboxylic acids is 7. The molecule has 0 aliphatic heterocycles. The van der Waals surface area contributed by atoms with Crippen molar-refractivity contribution < 1.29 is 173 Å². The highest BCUT2D eigenvalue weighted by molar-refractivity contribution is 9.10. The van der Waals surface area contributed by atoms with Crippen molar-refractivity contribution in [3.05, 3.63) is 290 Å². The molecule has 7 aliphatic rings. The number of carbonyl (C=O) groups is 7. The van der Waals surface area contributed by atoms with Crippen LogP contribution in [0.3, 0.4) is 0 Å². The molecule has 0 bridgehead atoms. The Morgan fingerprint density at radius 1 is 0.392 bits per heavy atom. The molecule has 8 N–H and O–H groups in total. The molecule has 0 radical (unpaired) electrons. The predicted octanol–water partition coefficient (Wildman–Crippen LogP) is 26.8. The van der Waals surface area contributed by atoms with Crippen molar-refractivity contribution in [1.82, 2.24) is 5.32 Å². The van der Waals surface area contributed by atoms with Crippen molar-refractivity contribution in [2.75, 3.05) is 0 Å². The number of Topliss-reactive ketones (excluding diaryl/α,β-unsaturated/α-hetero) is 6. The van der Waals surface area contributed by atoms with Gasteiger partial charge in [-0.2, -0.15) is 79.0 Å². The van der Waals surface area contributed by atoms with Crippen molar-refractivity contribution in [2.24, 2.45) is 11.5 Å². The quantitative estimate of drug-likeness (QED) is 0.0445. The number of nitrogens with two attached hydrogens (primary N) is 2. The van der Waals surface area contributed by atoms with E-state index in [1.807, 2.05) is 0 Å². The molecule has 148 heavy (non-hydrogen) atoms. The summed E-state index contributed by atoms with van der Waals surface area (Å²) in [4.78, 5) is 94.8. The average Bonchev–Trinajstić information content (AvgIpc) is 0.748. The Morgan fingerprint density at radius 3 is 1.22 bits per heavy atom. The summed E-state index contributed by atoms with van der Waals surface area (Å²) in [6.45, 7) is 9.96. The monoisotopic (exact) mass is 2190 g/mol. The summed E-state index contributed by atoms with van der Waals surface area (Å²) in [5, 5.41) is 42.9. The second-order valence-corrected chi connectivity index (χ2v) is 38.8. The number of amides is 1. The number of hydrogen-bond acceptors (Lipinski definition) is 15. The van der Waals surface area contributed by atoms with Crippen LogP contribution in [-0.4, -0.2) is 84.9 Å². The molecule has 44 heteroatoms. The van der Waals surface area contributed by atoms with E-state index < -0.39 is 214 Å². The molecule has 10 unspecified atom stereocenters. The van der Waals surface area contributed by atoms with Gasteiger partial charge < -0.3 is 36.8 Å². The molecular formula is C104H107BrF26N4O13. The molecule has 8 aromatic carbocycles. The van der Waals surface area contributed by atoms with Crippen LogP contribution in [0.15, 0.2) is 150 Å². The predicted molar refractivity (Wildman–Crippen MR) is 491 cm³/mol. The topological polar surface area (TPSA) is 297 Å². The summed E-state index contributed by atoms with van der Waals surface area (Å²) in [7, 11) is 0. The Kier molecular flexibility index (Phi) is 40.7. The van der Waals surface area contributed by atoms with Gasteiger partial charge in [0.25, 0.3) is 0 Å². The number of alkyl halides is 18. The number of nitrogens with zero attached hydrogens (tertiary/aromatic N) is 1. The van der Waals surface area contributed by atoms with Crippen LogP contribution >= 0.6 is 15.9 Å². The lowest BCUT2D eigenvalue weighted by molar-refractivity contribution is -0.563. The van der Waals surface area contributed by atoms with E-state index in [0.717, 1.165) is 99.9 Å². The van der Waals surface area contributed by atoms with Crippen molar-refractivity contribution in [3.8, 4) is 0 Å². The van der Waals surface area contributed by atoms with Gasteiger partial charge >= 0.3 is 48.7 Å². The van der Waals surface area contributed by atoms with Crippen LogP contribution in [0.4, 0.5) is 119 Å². The number of benzene rings is 8. The van der Waals surface area contributed by atoms with Crippen molar-refractivity contribution >= 4 is 56.7 Å². The van der Waals surface area contributed by atoms with Gasteiger partial charge in [-0.05, 0) is 237 Å². The van der Waals surface area contributed by atoms with Crippen LogP contribution in [0.2, 0.25) is 0 Å². The maximum Gasteiger partial charge on any atom is 0.419 e. The Morgan fingerprint density at radius 2 is 0.757 bits per heavy atom. The number of aliphatic hydroxyl groups excluding tert-OH is 3. The molecule has 0 heterocycles. The van der Waals surface area contributed by atoms with Crippen molar-refractivity contribution in [3.63, 3.8) is 0 Å². The van der Waals surface area contributed by atoms with Crippen LogP contribution in [0.25, 0.3) is 0 Å². The lowest BCUT2D eigenvalue weighted by Crippen LogP contribution is -2.54. The molecule has 8 aromatic rings. The van der Waals surface area contributed by atoms with Crippen molar-refractivity contribution in [2.45, 2.75) is 309 Å². The van der Waals surface area contributed by atoms with Crippen LogP contribution in [0, 0.1) is 70.5 Å². The van der Waals surface area contributed by atoms with Gasteiger partial charge in [0.15, 0.2) is 23.1 Å². The summed E-state index contributed by atoms with van der Waals surface area (Å²) in [5.41, 5.74) is -5.36. The minimum Gasteiger partial charge on any atom is -0.444 e. The molecule has 0 aromatic heterocycles. The molecule has 7 saturated carbocycles. The standard InChI is InChI=1S/C18H24FNO3.C14H14F4O2.C13H11F4NO3.C13H13F4NO2.C13H14F4O.C13H12F4O.C13H16FNO.C7H3BrF4/c1-12-8-7-9-13(15(12)19)18(11-6-5-10-14(18)21)20-16(22)23-17(2,3)4;1-13(7-3-6-10(19)12(13)20)8-4-2-5-9(11(8)15)14(16,17)18;14-11-8(4-3-5-9(11)13(15,16)17)12(18(20)21)7-2-1-6-10(12)19;14-10-7(3-1-4-8(10)13(15,16)17)12(18)6-2-5-9(19)11(12)20;2*14-12-9(8-4-1-2-7-11(8)18)5-3-6-10(12)13(15,16)17;1-9-5-4-6-10(12(9)14)13(15)8-3-2-7-11(13)16;8-5-3-1-2-4(6(5)9)7(10,11)12/h7-9H,5-6,10-11H2,1-4H3,(H,20,22);2,4-5,10,19H,3,6-7H2,1H3;3-5H,1-2,6-7H2;1,3-4,9,19H,2,5-6,18H2;3,5-6,8,11,18H,1-2,4,7H2;3,5-6,8H,1-2,4,7H2;4-6H,2-3,7-8,15H2,1H3;1-3H. The number of hydrogen-bond donors (Lipinski definition) is 6. The zero-order valence-electron chi connectivity index (χ0n) is 80.4. The van der Waals surface area contributed by atoms with Crippen LogP contribution in [0.1, 0.15) is 290 Å². The molecule has 1 amide bonds.